The number of methoxy groups -OCH3 is 1. The fourth-order valence-electron chi connectivity index (χ4n) is 0.861. The molecule has 0 heterocycles. The minimum absolute atomic E-state index is 0.0648. The van der Waals surface area contributed by atoms with Gasteiger partial charge in [0.15, 0.2) is 9.84 Å². The van der Waals surface area contributed by atoms with Crippen LogP contribution < -0.4 is 0 Å². The number of nitriles is 1. The van der Waals surface area contributed by atoms with Gasteiger partial charge in [0.1, 0.15) is 0 Å². The lowest BCUT2D eigenvalue weighted by Crippen LogP contribution is -2.21. The first-order valence-corrected chi connectivity index (χ1v) is 5.83. The quantitative estimate of drug-likeness (QED) is 0.600. The van der Waals surface area contributed by atoms with Crippen LogP contribution in [0.15, 0.2) is 0 Å². The van der Waals surface area contributed by atoms with E-state index in [0.29, 0.717) is 13.0 Å². The molecule has 0 aliphatic rings. The van der Waals surface area contributed by atoms with E-state index in [2.05, 4.69) is 0 Å². The lowest BCUT2D eigenvalue weighted by molar-refractivity contribution is 0.199. The molecular weight excluding hydrogens is 190 g/mol. The van der Waals surface area contributed by atoms with Crippen LogP contribution in [0.5, 0.6) is 0 Å². The van der Waals surface area contributed by atoms with E-state index >= 15 is 0 Å². The molecule has 0 aliphatic carbocycles. The van der Waals surface area contributed by atoms with Gasteiger partial charge in [-0.1, -0.05) is 0 Å². The average molecular weight is 205 g/mol. The molecule has 0 aromatic heterocycles. The van der Waals surface area contributed by atoms with E-state index in [9.17, 15) is 8.42 Å². The Morgan fingerprint density at radius 2 is 2.15 bits per heavy atom. The summed E-state index contributed by atoms with van der Waals surface area (Å²) < 4.78 is 27.5. The summed E-state index contributed by atoms with van der Waals surface area (Å²) in [6.45, 7) is 2.00. The molecule has 0 aromatic rings. The molecule has 0 rings (SSSR count). The number of hydrogen-bond acceptors (Lipinski definition) is 4. The highest BCUT2D eigenvalue weighted by Gasteiger charge is 2.19. The van der Waals surface area contributed by atoms with Crippen molar-refractivity contribution in [3.05, 3.63) is 0 Å². The van der Waals surface area contributed by atoms with Gasteiger partial charge in [-0.05, 0) is 13.3 Å². The SMILES string of the molecule is COCCCS(=O)(=O)C(C)CC#N. The van der Waals surface area contributed by atoms with Crippen LogP contribution in [0, 0.1) is 11.3 Å². The highest BCUT2D eigenvalue weighted by atomic mass is 32.2. The van der Waals surface area contributed by atoms with Crippen molar-refractivity contribution in [1.29, 1.82) is 5.26 Å². The third kappa shape index (κ3) is 4.86. The second-order valence-electron chi connectivity index (χ2n) is 2.89. The third-order valence-electron chi connectivity index (χ3n) is 1.77. The maximum atomic E-state index is 11.4. The van der Waals surface area contributed by atoms with Gasteiger partial charge in [-0.2, -0.15) is 5.26 Å². The molecule has 1 atom stereocenters. The van der Waals surface area contributed by atoms with Crippen molar-refractivity contribution < 1.29 is 13.2 Å². The van der Waals surface area contributed by atoms with E-state index in [1.807, 2.05) is 6.07 Å². The van der Waals surface area contributed by atoms with Gasteiger partial charge in [0, 0.05) is 13.7 Å². The average Bonchev–Trinajstić information content (AvgIpc) is 2.05. The Balaban J connectivity index is 4.01. The van der Waals surface area contributed by atoms with Crippen LogP contribution in [0.4, 0.5) is 0 Å². The molecule has 0 saturated heterocycles. The monoisotopic (exact) mass is 205 g/mol. The molecule has 4 nitrogen and oxygen atoms in total. The van der Waals surface area contributed by atoms with Gasteiger partial charge >= 0.3 is 0 Å². The number of hydrogen-bond donors (Lipinski definition) is 0. The van der Waals surface area contributed by atoms with Crippen molar-refractivity contribution in [1.82, 2.24) is 0 Å². The molecule has 0 fully saturated rings. The van der Waals surface area contributed by atoms with Gasteiger partial charge in [-0.25, -0.2) is 8.42 Å². The summed E-state index contributed by atoms with van der Waals surface area (Å²) in [6.07, 6.45) is 0.559. The maximum Gasteiger partial charge on any atom is 0.153 e. The predicted octanol–water partition coefficient (Wildman–Crippen LogP) is 0.740. The van der Waals surface area contributed by atoms with Crippen molar-refractivity contribution >= 4 is 9.84 Å². The second kappa shape index (κ2) is 5.95. The van der Waals surface area contributed by atoms with E-state index in [0.717, 1.165) is 0 Å². The summed E-state index contributed by atoms with van der Waals surface area (Å²) >= 11 is 0. The first-order valence-electron chi connectivity index (χ1n) is 4.12. The molecule has 0 saturated carbocycles. The van der Waals surface area contributed by atoms with E-state index in [1.165, 1.54) is 7.11 Å². The molecular formula is C8H15NO3S. The van der Waals surface area contributed by atoms with Gasteiger partial charge in [0.05, 0.1) is 23.5 Å². The Hall–Kier alpha value is -0.600. The van der Waals surface area contributed by atoms with Crippen LogP contribution >= 0.6 is 0 Å². The zero-order valence-corrected chi connectivity index (χ0v) is 8.80. The van der Waals surface area contributed by atoms with E-state index < -0.39 is 15.1 Å². The molecule has 5 heteroatoms. The van der Waals surface area contributed by atoms with Gasteiger partial charge in [0.25, 0.3) is 0 Å². The Morgan fingerprint density at radius 3 is 2.62 bits per heavy atom. The Morgan fingerprint density at radius 1 is 1.54 bits per heavy atom. The van der Waals surface area contributed by atoms with Crippen LogP contribution in [0.3, 0.4) is 0 Å². The molecule has 1 unspecified atom stereocenters. The lowest BCUT2D eigenvalue weighted by atomic mass is 10.4. The Labute approximate surface area is 79.4 Å². The largest absolute Gasteiger partial charge is 0.385 e. The van der Waals surface area contributed by atoms with Gasteiger partial charge in [-0.3, -0.25) is 0 Å². The first-order chi connectivity index (χ1) is 6.04. The van der Waals surface area contributed by atoms with Crippen LogP contribution in [0.1, 0.15) is 19.8 Å². The van der Waals surface area contributed by atoms with Crippen molar-refractivity contribution in [2.24, 2.45) is 0 Å². The van der Waals surface area contributed by atoms with Crippen molar-refractivity contribution in [3.8, 4) is 6.07 Å². The summed E-state index contributed by atoms with van der Waals surface area (Å²) in [5.41, 5.74) is 0. The zero-order valence-electron chi connectivity index (χ0n) is 7.99. The summed E-state index contributed by atoms with van der Waals surface area (Å²) in [4.78, 5) is 0. The van der Waals surface area contributed by atoms with Crippen LogP contribution in [0.25, 0.3) is 0 Å². The molecule has 0 spiro atoms. The number of ether oxygens (including phenoxy) is 1. The second-order valence-corrected chi connectivity index (χ2v) is 5.42. The van der Waals surface area contributed by atoms with Crippen molar-refractivity contribution in [2.75, 3.05) is 19.5 Å². The molecule has 76 valence electrons. The van der Waals surface area contributed by atoms with Gasteiger partial charge in [-0.15, -0.1) is 0 Å². The standard InChI is InChI=1S/C8H15NO3S/c1-8(4-5-9)13(10,11)7-3-6-12-2/h8H,3-4,6-7H2,1-2H3. The molecule has 13 heavy (non-hydrogen) atoms. The molecule has 0 amide bonds. The van der Waals surface area contributed by atoms with Crippen molar-refractivity contribution in [2.45, 2.75) is 25.0 Å². The topological polar surface area (TPSA) is 67.2 Å². The molecule has 0 aromatic carbocycles. The van der Waals surface area contributed by atoms with E-state index in [-0.39, 0.29) is 12.2 Å². The predicted molar refractivity (Wildman–Crippen MR) is 50.0 cm³/mol. The minimum atomic E-state index is -3.10. The van der Waals surface area contributed by atoms with E-state index in [4.69, 9.17) is 10.00 Å². The van der Waals surface area contributed by atoms with E-state index in [1.54, 1.807) is 6.92 Å². The fourth-order valence-corrected chi connectivity index (χ4v) is 2.11. The summed E-state index contributed by atoms with van der Waals surface area (Å²) in [5.74, 6) is 0.101. The molecule has 0 N–H and O–H groups in total. The smallest absolute Gasteiger partial charge is 0.153 e. The highest BCUT2D eigenvalue weighted by Crippen LogP contribution is 2.07. The number of nitrogens with zero attached hydrogens (tertiary/aromatic N) is 1. The Bertz CT molecular complexity index is 266. The van der Waals surface area contributed by atoms with Crippen LogP contribution in [-0.2, 0) is 14.6 Å². The third-order valence-corrected chi connectivity index (χ3v) is 4.02. The Kier molecular flexibility index (Phi) is 5.67. The van der Waals surface area contributed by atoms with Gasteiger partial charge < -0.3 is 4.74 Å². The molecule has 0 bridgehead atoms. The number of sulfone groups is 1. The lowest BCUT2D eigenvalue weighted by Gasteiger charge is -2.08. The van der Waals surface area contributed by atoms with Crippen molar-refractivity contribution in [3.63, 3.8) is 0 Å². The summed E-state index contributed by atoms with van der Waals surface area (Å²) in [5, 5.41) is 7.77. The normalized spacial score (nSPS) is 13.6. The summed E-state index contributed by atoms with van der Waals surface area (Å²) in [6, 6.07) is 1.85. The molecule has 0 aliphatic heterocycles. The zero-order chi connectivity index (χ0) is 10.3. The maximum absolute atomic E-state index is 11.4. The highest BCUT2D eigenvalue weighted by molar-refractivity contribution is 7.92. The fraction of sp³-hybridized carbons (Fsp3) is 0.875. The molecule has 0 radical (unpaired) electrons. The van der Waals surface area contributed by atoms with Crippen LogP contribution in [0.2, 0.25) is 0 Å². The minimum Gasteiger partial charge on any atom is -0.385 e. The number of rotatable bonds is 6. The van der Waals surface area contributed by atoms with Crippen LogP contribution in [-0.4, -0.2) is 33.1 Å². The summed E-state index contributed by atoms with van der Waals surface area (Å²) in [7, 11) is -1.56. The van der Waals surface area contributed by atoms with Gasteiger partial charge in [0.2, 0.25) is 0 Å². The first kappa shape index (κ1) is 12.4.